The van der Waals surface area contributed by atoms with Crippen LogP contribution in [0.3, 0.4) is 0 Å². The first-order chi connectivity index (χ1) is 14.5. The number of nitro groups is 1. The lowest BCUT2D eigenvalue weighted by atomic mass is 9.79. The number of rotatable bonds is 6. The number of halogens is 1. The van der Waals surface area contributed by atoms with Crippen LogP contribution in [0, 0.1) is 15.9 Å². The maximum Gasteiger partial charge on any atom is 0.317 e. The van der Waals surface area contributed by atoms with E-state index in [1.807, 2.05) is 0 Å². The van der Waals surface area contributed by atoms with Crippen LogP contribution in [0.25, 0.3) is 11.5 Å². The molecule has 0 unspecified atom stereocenters. The summed E-state index contributed by atoms with van der Waals surface area (Å²) < 4.78 is 24.3. The van der Waals surface area contributed by atoms with E-state index < -0.39 is 16.3 Å². The number of ether oxygens (including phenoxy) is 1. The second-order valence-electron chi connectivity index (χ2n) is 7.18. The molecule has 1 heterocycles. The fraction of sp³-hybridized carbons (Fsp3) is 0.286. The lowest BCUT2D eigenvalue weighted by Crippen LogP contribution is -2.34. The molecule has 0 amide bonds. The van der Waals surface area contributed by atoms with Crippen LogP contribution >= 0.6 is 0 Å². The standard InChI is InChI=1S/C21H18FN3O5/c22-16-7-5-15(6-8-16)21(11-1-2-12-21)20(26)29-13-18-23-24-19(30-18)14-3-9-17(10-4-14)25(27)28/h3-10H,1-2,11-13H2. The minimum absolute atomic E-state index is 0.0462. The van der Waals surface area contributed by atoms with Crippen molar-refractivity contribution < 1.29 is 23.3 Å². The number of nitrogens with zero attached hydrogens (tertiary/aromatic N) is 3. The fourth-order valence-corrected chi connectivity index (χ4v) is 3.78. The molecule has 154 valence electrons. The van der Waals surface area contributed by atoms with Crippen molar-refractivity contribution in [2.24, 2.45) is 0 Å². The first kappa shape index (κ1) is 19.7. The SMILES string of the molecule is O=C(OCc1nnc(-c2ccc([N+](=O)[O-])cc2)o1)C1(c2ccc(F)cc2)CCCC1. The molecule has 2 aromatic carbocycles. The second kappa shape index (κ2) is 8.02. The van der Waals surface area contributed by atoms with Crippen LogP contribution < -0.4 is 0 Å². The summed E-state index contributed by atoms with van der Waals surface area (Å²) in [5, 5.41) is 18.5. The van der Waals surface area contributed by atoms with E-state index in [9.17, 15) is 19.3 Å². The lowest BCUT2D eigenvalue weighted by Gasteiger charge is -2.26. The Labute approximate surface area is 170 Å². The Morgan fingerprint density at radius 2 is 1.77 bits per heavy atom. The molecule has 1 saturated carbocycles. The Balaban J connectivity index is 1.46. The van der Waals surface area contributed by atoms with Crippen molar-refractivity contribution in [3.63, 3.8) is 0 Å². The molecule has 9 heteroatoms. The minimum atomic E-state index is -0.797. The summed E-state index contributed by atoms with van der Waals surface area (Å²) in [4.78, 5) is 23.2. The van der Waals surface area contributed by atoms with Gasteiger partial charge in [-0.25, -0.2) is 4.39 Å². The average molecular weight is 411 g/mol. The molecule has 0 N–H and O–H groups in total. The summed E-state index contributed by atoms with van der Waals surface area (Å²) in [7, 11) is 0. The summed E-state index contributed by atoms with van der Waals surface area (Å²) in [6.07, 6.45) is 3.04. The van der Waals surface area contributed by atoms with Gasteiger partial charge in [0.2, 0.25) is 5.89 Å². The molecule has 1 aliphatic rings. The predicted molar refractivity (Wildman–Crippen MR) is 103 cm³/mol. The van der Waals surface area contributed by atoms with Crippen molar-refractivity contribution in [3.8, 4) is 11.5 Å². The first-order valence-corrected chi connectivity index (χ1v) is 9.48. The van der Waals surface area contributed by atoms with Gasteiger partial charge >= 0.3 is 5.97 Å². The number of aromatic nitrogens is 2. The van der Waals surface area contributed by atoms with Gasteiger partial charge in [-0.1, -0.05) is 25.0 Å². The third-order valence-electron chi connectivity index (χ3n) is 5.36. The molecule has 0 radical (unpaired) electrons. The Morgan fingerprint density at radius 3 is 2.40 bits per heavy atom. The van der Waals surface area contributed by atoms with Gasteiger partial charge in [0.15, 0.2) is 6.61 Å². The molecule has 0 aliphatic heterocycles. The van der Waals surface area contributed by atoms with Gasteiger partial charge in [0, 0.05) is 17.7 Å². The van der Waals surface area contributed by atoms with Crippen LogP contribution in [-0.2, 0) is 21.6 Å². The number of esters is 1. The third kappa shape index (κ3) is 3.78. The zero-order valence-electron chi connectivity index (χ0n) is 15.9. The lowest BCUT2D eigenvalue weighted by molar-refractivity contribution is -0.384. The molecule has 0 atom stereocenters. The minimum Gasteiger partial charge on any atom is -0.455 e. The van der Waals surface area contributed by atoms with E-state index in [1.54, 1.807) is 12.1 Å². The zero-order chi connectivity index (χ0) is 21.1. The zero-order valence-corrected chi connectivity index (χ0v) is 15.9. The van der Waals surface area contributed by atoms with Crippen molar-refractivity contribution in [2.75, 3.05) is 0 Å². The van der Waals surface area contributed by atoms with Crippen LogP contribution in [0.1, 0.15) is 37.1 Å². The highest BCUT2D eigenvalue weighted by Crippen LogP contribution is 2.42. The van der Waals surface area contributed by atoms with Gasteiger partial charge < -0.3 is 9.15 Å². The number of benzene rings is 2. The fourth-order valence-electron chi connectivity index (χ4n) is 3.78. The van der Waals surface area contributed by atoms with Crippen molar-refractivity contribution in [1.29, 1.82) is 0 Å². The van der Waals surface area contributed by atoms with E-state index in [1.165, 1.54) is 36.4 Å². The van der Waals surface area contributed by atoms with Crippen molar-refractivity contribution in [3.05, 3.63) is 75.9 Å². The molecule has 8 nitrogen and oxygen atoms in total. The van der Waals surface area contributed by atoms with Gasteiger partial charge in [0.25, 0.3) is 11.6 Å². The molecule has 0 spiro atoms. The quantitative estimate of drug-likeness (QED) is 0.337. The van der Waals surface area contributed by atoms with Crippen LogP contribution in [0.5, 0.6) is 0 Å². The van der Waals surface area contributed by atoms with E-state index in [0.717, 1.165) is 18.4 Å². The average Bonchev–Trinajstić information content (AvgIpc) is 3.43. The maximum absolute atomic E-state index is 13.3. The maximum atomic E-state index is 13.3. The van der Waals surface area contributed by atoms with Crippen LogP contribution in [-0.4, -0.2) is 21.1 Å². The van der Waals surface area contributed by atoms with E-state index in [0.29, 0.717) is 18.4 Å². The highest BCUT2D eigenvalue weighted by atomic mass is 19.1. The summed E-state index contributed by atoms with van der Waals surface area (Å²) in [5.41, 5.74) is 0.414. The molecule has 1 aliphatic carbocycles. The van der Waals surface area contributed by atoms with Crippen molar-refractivity contribution >= 4 is 11.7 Å². The summed E-state index contributed by atoms with van der Waals surface area (Å²) in [6, 6.07) is 11.6. The van der Waals surface area contributed by atoms with Crippen LogP contribution in [0.15, 0.2) is 52.9 Å². The van der Waals surface area contributed by atoms with E-state index in [4.69, 9.17) is 9.15 Å². The highest BCUT2D eigenvalue weighted by molar-refractivity contribution is 5.83. The molecule has 1 fully saturated rings. The molecule has 4 rings (SSSR count). The molecule has 0 saturated heterocycles. The van der Waals surface area contributed by atoms with Gasteiger partial charge in [-0.05, 0) is 42.7 Å². The van der Waals surface area contributed by atoms with Crippen LogP contribution in [0.2, 0.25) is 0 Å². The largest absolute Gasteiger partial charge is 0.455 e. The molecule has 3 aromatic rings. The van der Waals surface area contributed by atoms with Gasteiger partial charge in [-0.15, -0.1) is 10.2 Å². The van der Waals surface area contributed by atoms with Crippen LogP contribution in [0.4, 0.5) is 10.1 Å². The molecular weight excluding hydrogens is 393 g/mol. The highest BCUT2D eigenvalue weighted by Gasteiger charge is 2.44. The molecular formula is C21H18FN3O5. The van der Waals surface area contributed by atoms with Crippen molar-refractivity contribution in [1.82, 2.24) is 10.2 Å². The summed E-state index contributed by atoms with van der Waals surface area (Å²) in [5.74, 6) is -0.472. The number of non-ortho nitro benzene ring substituents is 1. The van der Waals surface area contributed by atoms with Crippen molar-refractivity contribution in [2.45, 2.75) is 37.7 Å². The normalized spacial score (nSPS) is 15.1. The summed E-state index contributed by atoms with van der Waals surface area (Å²) in [6.45, 7) is -0.193. The molecule has 1 aromatic heterocycles. The summed E-state index contributed by atoms with van der Waals surface area (Å²) >= 11 is 0. The van der Waals surface area contributed by atoms with E-state index in [2.05, 4.69) is 10.2 Å². The number of carbonyl (C=O) groups excluding carboxylic acids is 1. The number of nitro benzene ring substituents is 1. The smallest absolute Gasteiger partial charge is 0.317 e. The predicted octanol–water partition coefficient (Wildman–Crippen LogP) is 4.34. The van der Waals surface area contributed by atoms with Gasteiger partial charge in [-0.2, -0.15) is 0 Å². The Kier molecular flexibility index (Phi) is 5.26. The third-order valence-corrected chi connectivity index (χ3v) is 5.36. The number of hydrogen-bond acceptors (Lipinski definition) is 7. The monoisotopic (exact) mass is 411 g/mol. The Morgan fingerprint density at radius 1 is 1.10 bits per heavy atom. The van der Waals surface area contributed by atoms with E-state index >= 15 is 0 Å². The molecule has 30 heavy (non-hydrogen) atoms. The first-order valence-electron chi connectivity index (χ1n) is 9.48. The number of hydrogen-bond donors (Lipinski definition) is 0. The van der Waals surface area contributed by atoms with Gasteiger partial charge in [-0.3, -0.25) is 14.9 Å². The van der Waals surface area contributed by atoms with Gasteiger partial charge in [0.1, 0.15) is 5.82 Å². The topological polar surface area (TPSA) is 108 Å². The second-order valence-corrected chi connectivity index (χ2v) is 7.18. The van der Waals surface area contributed by atoms with Gasteiger partial charge in [0.05, 0.1) is 10.3 Å². The Bertz CT molecular complexity index is 1060. The Hall–Kier alpha value is -3.62. The van der Waals surface area contributed by atoms with E-state index in [-0.39, 0.29) is 29.9 Å². The number of carbonyl (C=O) groups is 1. The molecule has 0 bridgehead atoms.